The number of methoxy groups -OCH3 is 1. The normalized spacial score (nSPS) is 42.2. The summed E-state index contributed by atoms with van der Waals surface area (Å²) in [6.45, 7) is 8.36. The van der Waals surface area contributed by atoms with E-state index in [1.807, 2.05) is 11.4 Å². The first-order valence-corrected chi connectivity index (χ1v) is 17.2. The van der Waals surface area contributed by atoms with E-state index in [0.717, 1.165) is 94.4 Å². The van der Waals surface area contributed by atoms with Gasteiger partial charge >= 0.3 is 0 Å². The van der Waals surface area contributed by atoms with E-state index in [9.17, 15) is 8.42 Å². The molecule has 2 saturated heterocycles. The van der Waals surface area contributed by atoms with Gasteiger partial charge in [0.25, 0.3) is 0 Å². The topological polar surface area (TPSA) is 49.9 Å². The van der Waals surface area contributed by atoms with E-state index >= 15 is 0 Å². The lowest BCUT2D eigenvalue weighted by Gasteiger charge is -2.60. The van der Waals surface area contributed by atoms with Crippen molar-refractivity contribution in [3.05, 3.63) is 0 Å². The Labute approximate surface area is 222 Å². The Morgan fingerprint density at radius 2 is 1.47 bits per heavy atom. The summed E-state index contributed by atoms with van der Waals surface area (Å²) in [5.41, 5.74) is 0. The molecule has 0 aromatic heterocycles. The van der Waals surface area contributed by atoms with Crippen molar-refractivity contribution in [1.29, 1.82) is 0 Å². The van der Waals surface area contributed by atoms with Gasteiger partial charge in [0.2, 0.25) is 10.0 Å². The molecule has 6 heteroatoms. The molecule has 0 bridgehead atoms. The highest BCUT2D eigenvalue weighted by molar-refractivity contribution is 7.89. The monoisotopic (exact) mass is 522 g/mol. The van der Waals surface area contributed by atoms with E-state index in [2.05, 4.69) is 18.7 Å². The van der Waals surface area contributed by atoms with Crippen molar-refractivity contribution in [3.8, 4) is 0 Å². The molecule has 0 radical (unpaired) electrons. The van der Waals surface area contributed by atoms with Crippen LogP contribution in [-0.2, 0) is 14.8 Å². The fraction of sp³-hybridized carbons (Fsp3) is 1.00. The molecule has 5 aliphatic rings. The zero-order valence-corrected chi connectivity index (χ0v) is 24.3. The van der Waals surface area contributed by atoms with Crippen molar-refractivity contribution < 1.29 is 13.2 Å². The lowest BCUT2D eigenvalue weighted by Crippen LogP contribution is -2.71. The first-order chi connectivity index (χ1) is 17.4. The van der Waals surface area contributed by atoms with E-state index in [1.54, 1.807) is 0 Å². The summed E-state index contributed by atoms with van der Waals surface area (Å²) < 4.78 is 35.2. The van der Waals surface area contributed by atoms with Gasteiger partial charge < -0.3 is 4.74 Å². The molecule has 208 valence electrons. The number of hydrogen-bond donors (Lipinski definition) is 0. The van der Waals surface area contributed by atoms with Crippen LogP contribution in [0.3, 0.4) is 0 Å². The largest absolute Gasteiger partial charge is 0.383 e. The summed E-state index contributed by atoms with van der Waals surface area (Å²) in [5, 5.41) is -0.136. The second-order valence-corrected chi connectivity index (χ2v) is 15.6. The van der Waals surface area contributed by atoms with Gasteiger partial charge in [-0.05, 0) is 99.8 Å². The summed E-state index contributed by atoms with van der Waals surface area (Å²) in [6.07, 6.45) is 16.9. The Kier molecular flexibility index (Phi) is 9.07. The van der Waals surface area contributed by atoms with Gasteiger partial charge in [-0.25, -0.2) is 12.7 Å². The number of sulfonamides is 1. The molecule has 4 unspecified atom stereocenters. The first-order valence-electron chi connectivity index (χ1n) is 15.7. The molecule has 5 rings (SSSR count). The van der Waals surface area contributed by atoms with Crippen LogP contribution in [0.15, 0.2) is 0 Å². The molecule has 3 saturated carbocycles. The van der Waals surface area contributed by atoms with Gasteiger partial charge in [-0.1, -0.05) is 46.0 Å². The van der Waals surface area contributed by atoms with Crippen LogP contribution >= 0.6 is 0 Å². The Balaban J connectivity index is 1.27. The molecular formula is C30H54N2O3S. The average molecular weight is 523 g/mol. The van der Waals surface area contributed by atoms with E-state index in [1.165, 1.54) is 51.4 Å². The number of nitrogens with zero attached hydrogens (tertiary/aromatic N) is 2. The van der Waals surface area contributed by atoms with Crippen LogP contribution in [0, 0.1) is 35.5 Å². The Morgan fingerprint density at radius 1 is 0.778 bits per heavy atom. The predicted molar refractivity (Wildman–Crippen MR) is 147 cm³/mol. The van der Waals surface area contributed by atoms with Crippen molar-refractivity contribution >= 4 is 10.0 Å². The standard InChI is InChI=1S/C30H54N2O3S/c1-22-10-9-13-27(23(22)2)24-14-16-25(17-15-24)30-28-20-31(36(33,34)26-11-5-4-6-12-26)18-7-8-19-32(28)29(30)21-35-3/h22-30H,4-21H2,1-3H3/t22?,23?,24?,25?,27?,28?,29-,30+/m1/s1. The van der Waals surface area contributed by atoms with Crippen LogP contribution in [0.25, 0.3) is 0 Å². The summed E-state index contributed by atoms with van der Waals surface area (Å²) in [7, 11) is -1.35. The van der Waals surface area contributed by atoms with E-state index in [4.69, 9.17) is 4.74 Å². The van der Waals surface area contributed by atoms with Gasteiger partial charge in [-0.3, -0.25) is 4.90 Å². The van der Waals surface area contributed by atoms with Crippen LogP contribution in [-0.4, -0.2) is 68.3 Å². The maximum Gasteiger partial charge on any atom is 0.217 e. The van der Waals surface area contributed by atoms with Crippen LogP contribution in [0.5, 0.6) is 0 Å². The minimum atomic E-state index is -3.19. The summed E-state index contributed by atoms with van der Waals surface area (Å²) in [4.78, 5) is 2.65. The molecule has 0 spiro atoms. The van der Waals surface area contributed by atoms with Crippen molar-refractivity contribution in [3.63, 3.8) is 0 Å². The molecular weight excluding hydrogens is 468 g/mol. The van der Waals surface area contributed by atoms with E-state index in [0.29, 0.717) is 18.0 Å². The highest BCUT2D eigenvalue weighted by Crippen LogP contribution is 2.50. The number of ether oxygens (including phenoxy) is 1. The molecule has 2 aliphatic heterocycles. The van der Waals surface area contributed by atoms with Crippen LogP contribution < -0.4 is 0 Å². The van der Waals surface area contributed by atoms with E-state index in [-0.39, 0.29) is 5.25 Å². The Bertz CT molecular complexity index is 805. The Morgan fingerprint density at radius 3 is 2.19 bits per heavy atom. The molecule has 5 nitrogen and oxygen atoms in total. The maximum absolute atomic E-state index is 13.7. The zero-order valence-electron chi connectivity index (χ0n) is 23.5. The molecule has 0 aromatic carbocycles. The van der Waals surface area contributed by atoms with Gasteiger partial charge in [0.1, 0.15) is 0 Å². The van der Waals surface area contributed by atoms with Gasteiger partial charge in [-0.15, -0.1) is 0 Å². The molecule has 5 fully saturated rings. The van der Waals surface area contributed by atoms with Crippen molar-refractivity contribution in [2.45, 2.75) is 121 Å². The maximum atomic E-state index is 13.7. The number of hydrogen-bond acceptors (Lipinski definition) is 4. The van der Waals surface area contributed by atoms with Gasteiger partial charge in [0.15, 0.2) is 0 Å². The molecule has 0 aromatic rings. The predicted octanol–water partition coefficient (Wildman–Crippen LogP) is 5.94. The molecule has 3 aliphatic carbocycles. The molecule has 0 N–H and O–H groups in total. The lowest BCUT2D eigenvalue weighted by atomic mass is 9.60. The highest BCUT2D eigenvalue weighted by Gasteiger charge is 2.53. The summed E-state index contributed by atoms with van der Waals surface area (Å²) in [5.74, 6) is 4.94. The minimum Gasteiger partial charge on any atom is -0.383 e. The molecule has 2 heterocycles. The average Bonchev–Trinajstić information content (AvgIpc) is 2.87. The lowest BCUT2D eigenvalue weighted by molar-refractivity contribution is -0.128. The second-order valence-electron chi connectivity index (χ2n) is 13.4. The van der Waals surface area contributed by atoms with Crippen LogP contribution in [0.1, 0.15) is 104 Å². The second kappa shape index (κ2) is 11.9. The summed E-state index contributed by atoms with van der Waals surface area (Å²) >= 11 is 0. The minimum absolute atomic E-state index is 0.136. The van der Waals surface area contributed by atoms with Crippen molar-refractivity contribution in [2.75, 3.05) is 33.4 Å². The molecule has 6 atom stereocenters. The third-order valence-corrected chi connectivity index (χ3v) is 14.0. The fourth-order valence-electron chi connectivity index (χ4n) is 9.34. The van der Waals surface area contributed by atoms with Crippen molar-refractivity contribution in [1.82, 2.24) is 9.21 Å². The molecule has 0 amide bonds. The first kappa shape index (κ1) is 27.4. The van der Waals surface area contributed by atoms with Crippen molar-refractivity contribution in [2.24, 2.45) is 35.5 Å². The fourth-order valence-corrected chi connectivity index (χ4v) is 11.4. The summed E-state index contributed by atoms with van der Waals surface area (Å²) in [6, 6.07) is 0.867. The third kappa shape index (κ3) is 5.45. The van der Waals surface area contributed by atoms with Gasteiger partial charge in [0, 0.05) is 32.3 Å². The van der Waals surface area contributed by atoms with E-state index < -0.39 is 10.0 Å². The Hall–Kier alpha value is -0.170. The van der Waals surface area contributed by atoms with Crippen LogP contribution in [0.2, 0.25) is 0 Å². The smallest absolute Gasteiger partial charge is 0.217 e. The molecule has 36 heavy (non-hydrogen) atoms. The van der Waals surface area contributed by atoms with Crippen LogP contribution in [0.4, 0.5) is 0 Å². The number of rotatable bonds is 6. The number of fused-ring (bicyclic) bond motifs is 1. The third-order valence-electron chi connectivity index (χ3n) is 11.6. The zero-order chi connectivity index (χ0) is 25.3. The van der Waals surface area contributed by atoms with Gasteiger partial charge in [0.05, 0.1) is 11.9 Å². The SMILES string of the molecule is COC[C@@H]1[C@@H](C2CCC(C3CCCC(C)C3C)CC2)C2CN(S(=O)(=O)C3CCCCC3)CCCCN21. The quantitative estimate of drug-likeness (QED) is 0.433. The van der Waals surface area contributed by atoms with Gasteiger partial charge in [-0.2, -0.15) is 0 Å². The highest BCUT2D eigenvalue weighted by atomic mass is 32.2.